The molecule has 0 aliphatic carbocycles. The number of nitrogen functional groups attached to an aromatic ring is 1. The van der Waals surface area contributed by atoms with Crippen LogP contribution in [0.1, 0.15) is 33.5 Å². The number of hydrogen-bond donors (Lipinski definition) is 2. The van der Waals surface area contributed by atoms with Gasteiger partial charge in [0, 0.05) is 37.7 Å². The van der Waals surface area contributed by atoms with Crippen molar-refractivity contribution in [1.29, 1.82) is 0 Å². The number of aliphatic hydroxyl groups excluding tert-OH is 1. The number of nitrogens with two attached hydrogens (primary N) is 1. The molecule has 3 N–H and O–H groups in total. The van der Waals surface area contributed by atoms with Gasteiger partial charge in [-0.2, -0.15) is 0 Å². The van der Waals surface area contributed by atoms with Gasteiger partial charge in [0.25, 0.3) is 0 Å². The van der Waals surface area contributed by atoms with Crippen LogP contribution in [0.5, 0.6) is 5.75 Å². The molecule has 9 nitrogen and oxygen atoms in total. The molecule has 1 unspecified atom stereocenters. The van der Waals surface area contributed by atoms with Crippen LogP contribution in [0.4, 0.5) is 5.82 Å². The Balaban J connectivity index is 0.00000149. The maximum atomic E-state index is 10.1. The van der Waals surface area contributed by atoms with E-state index in [4.69, 9.17) is 19.9 Å². The molecule has 1 saturated heterocycles. The number of aromatic nitrogens is 3. The first-order chi connectivity index (χ1) is 16.1. The summed E-state index contributed by atoms with van der Waals surface area (Å²) in [5.74, 6) is 1.84. The van der Waals surface area contributed by atoms with E-state index in [1.807, 2.05) is 43.5 Å². The first-order valence-corrected chi connectivity index (χ1v) is 11.8. The van der Waals surface area contributed by atoms with Crippen molar-refractivity contribution in [3.05, 3.63) is 24.0 Å². The summed E-state index contributed by atoms with van der Waals surface area (Å²) in [4.78, 5) is 11.6. The van der Waals surface area contributed by atoms with Crippen LogP contribution in [0, 0.1) is 0 Å². The Morgan fingerprint density at radius 2 is 1.97 bits per heavy atom. The van der Waals surface area contributed by atoms with E-state index in [1.165, 1.54) is 0 Å². The third-order valence-electron chi connectivity index (χ3n) is 5.42. The highest BCUT2D eigenvalue weighted by Crippen LogP contribution is 2.31. The molecule has 1 fully saturated rings. The van der Waals surface area contributed by atoms with Crippen LogP contribution in [0.25, 0.3) is 21.9 Å². The van der Waals surface area contributed by atoms with Crippen LogP contribution in [0.15, 0.2) is 18.2 Å². The highest BCUT2D eigenvalue weighted by atomic mass is 16.5. The van der Waals surface area contributed by atoms with Gasteiger partial charge in [-0.1, -0.05) is 13.8 Å². The SMILES string of the molecule is CC.CCOCc1nc2c(N)nc3cc(OCCN4CCOCC4)ccc3c2n1CC(C)O. The fourth-order valence-electron chi connectivity index (χ4n) is 3.91. The van der Waals surface area contributed by atoms with E-state index in [-0.39, 0.29) is 0 Å². The summed E-state index contributed by atoms with van der Waals surface area (Å²) in [5.41, 5.74) is 8.49. The van der Waals surface area contributed by atoms with E-state index in [1.54, 1.807) is 6.92 Å². The number of benzene rings is 1. The molecule has 0 amide bonds. The van der Waals surface area contributed by atoms with Crippen LogP contribution in [0.2, 0.25) is 0 Å². The minimum absolute atomic E-state index is 0.349. The second-order valence-electron chi connectivity index (χ2n) is 7.80. The van der Waals surface area contributed by atoms with Gasteiger partial charge >= 0.3 is 0 Å². The Kier molecular flexibility index (Phi) is 9.25. The van der Waals surface area contributed by atoms with Crippen LogP contribution < -0.4 is 10.5 Å². The van der Waals surface area contributed by atoms with Crippen molar-refractivity contribution in [1.82, 2.24) is 19.4 Å². The summed E-state index contributed by atoms with van der Waals surface area (Å²) < 4.78 is 18.9. The molecule has 0 bridgehead atoms. The molecule has 1 aromatic carbocycles. The molecule has 0 spiro atoms. The van der Waals surface area contributed by atoms with E-state index in [0.717, 1.165) is 60.8 Å². The van der Waals surface area contributed by atoms with Crippen LogP contribution in [-0.4, -0.2) is 76.7 Å². The van der Waals surface area contributed by atoms with E-state index >= 15 is 0 Å². The molecule has 182 valence electrons. The molecular formula is C24H37N5O4. The molecule has 0 radical (unpaired) electrons. The van der Waals surface area contributed by atoms with Crippen LogP contribution in [-0.2, 0) is 22.6 Å². The quantitative estimate of drug-likeness (QED) is 0.503. The van der Waals surface area contributed by atoms with E-state index in [2.05, 4.69) is 14.9 Å². The number of anilines is 1. The Morgan fingerprint density at radius 1 is 1.21 bits per heavy atom. The average Bonchev–Trinajstić information content (AvgIpc) is 3.18. The van der Waals surface area contributed by atoms with Gasteiger partial charge in [0.1, 0.15) is 30.3 Å². The lowest BCUT2D eigenvalue weighted by atomic mass is 10.1. The summed E-state index contributed by atoms with van der Waals surface area (Å²) in [7, 11) is 0. The Labute approximate surface area is 195 Å². The fourth-order valence-corrected chi connectivity index (χ4v) is 3.91. The van der Waals surface area contributed by atoms with Gasteiger partial charge in [0.15, 0.2) is 5.82 Å². The summed E-state index contributed by atoms with van der Waals surface area (Å²) >= 11 is 0. The predicted molar refractivity (Wildman–Crippen MR) is 131 cm³/mol. The smallest absolute Gasteiger partial charge is 0.152 e. The van der Waals surface area contributed by atoms with Gasteiger partial charge in [-0.15, -0.1) is 0 Å². The van der Waals surface area contributed by atoms with Crippen molar-refractivity contribution < 1.29 is 19.3 Å². The molecule has 1 atom stereocenters. The molecule has 33 heavy (non-hydrogen) atoms. The zero-order valence-corrected chi connectivity index (χ0v) is 20.2. The number of imidazole rings is 1. The van der Waals surface area contributed by atoms with Crippen molar-refractivity contribution in [3.8, 4) is 5.75 Å². The average molecular weight is 460 g/mol. The van der Waals surface area contributed by atoms with Crippen molar-refractivity contribution in [2.45, 2.75) is 47.0 Å². The van der Waals surface area contributed by atoms with E-state index in [0.29, 0.717) is 37.7 Å². The lowest BCUT2D eigenvalue weighted by molar-refractivity contribution is 0.0322. The second kappa shape index (κ2) is 12.1. The molecule has 3 heterocycles. The third-order valence-corrected chi connectivity index (χ3v) is 5.42. The number of aliphatic hydroxyl groups is 1. The minimum Gasteiger partial charge on any atom is -0.492 e. The molecular weight excluding hydrogens is 422 g/mol. The Hall–Kier alpha value is -2.46. The highest BCUT2D eigenvalue weighted by molar-refractivity contribution is 6.06. The first-order valence-electron chi connectivity index (χ1n) is 11.8. The third kappa shape index (κ3) is 6.11. The Morgan fingerprint density at radius 3 is 2.67 bits per heavy atom. The van der Waals surface area contributed by atoms with Gasteiger partial charge < -0.3 is 29.6 Å². The topological polar surface area (TPSA) is 108 Å². The maximum Gasteiger partial charge on any atom is 0.152 e. The van der Waals surface area contributed by atoms with Gasteiger partial charge in [0.2, 0.25) is 0 Å². The van der Waals surface area contributed by atoms with Gasteiger partial charge in [-0.05, 0) is 26.0 Å². The number of nitrogens with zero attached hydrogens (tertiary/aromatic N) is 4. The molecule has 0 saturated carbocycles. The summed E-state index contributed by atoms with van der Waals surface area (Å²) in [5, 5.41) is 11.0. The van der Waals surface area contributed by atoms with Crippen molar-refractivity contribution in [2.75, 3.05) is 51.8 Å². The zero-order valence-electron chi connectivity index (χ0n) is 20.2. The normalized spacial score (nSPS) is 15.4. The molecule has 1 aliphatic heterocycles. The number of pyridine rings is 1. The lowest BCUT2D eigenvalue weighted by Crippen LogP contribution is -2.38. The monoisotopic (exact) mass is 459 g/mol. The summed E-state index contributed by atoms with van der Waals surface area (Å²) in [6.45, 7) is 13.9. The van der Waals surface area contributed by atoms with Crippen LogP contribution >= 0.6 is 0 Å². The standard InChI is InChI=1S/C22H31N5O4.C2H6/c1-3-29-14-19-25-20-21(27(19)13-15(2)28)17-5-4-16(12-18(17)24-22(20)23)31-11-8-26-6-9-30-10-7-26;1-2/h4-5,12,15,28H,3,6-11,13-14H2,1-2H3,(H2,23,24);1-2H3. The molecule has 9 heteroatoms. The largest absolute Gasteiger partial charge is 0.492 e. The number of ether oxygens (including phenoxy) is 3. The molecule has 1 aliphatic rings. The maximum absolute atomic E-state index is 10.1. The number of rotatable bonds is 9. The zero-order chi connectivity index (χ0) is 23.8. The lowest BCUT2D eigenvalue weighted by Gasteiger charge is -2.26. The second-order valence-corrected chi connectivity index (χ2v) is 7.80. The summed E-state index contributed by atoms with van der Waals surface area (Å²) in [6.07, 6.45) is -0.537. The number of morpholine rings is 1. The number of fused-ring (bicyclic) bond motifs is 3. The highest BCUT2D eigenvalue weighted by Gasteiger charge is 2.19. The molecule has 4 rings (SSSR count). The molecule has 3 aromatic rings. The molecule has 2 aromatic heterocycles. The summed E-state index contributed by atoms with van der Waals surface area (Å²) in [6, 6.07) is 5.84. The predicted octanol–water partition coefficient (Wildman–Crippen LogP) is 2.82. The van der Waals surface area contributed by atoms with Gasteiger partial charge in [-0.25, -0.2) is 9.97 Å². The van der Waals surface area contributed by atoms with Gasteiger partial charge in [-0.3, -0.25) is 4.90 Å². The van der Waals surface area contributed by atoms with Crippen molar-refractivity contribution in [2.24, 2.45) is 0 Å². The van der Waals surface area contributed by atoms with E-state index in [9.17, 15) is 5.11 Å². The fraction of sp³-hybridized carbons (Fsp3) is 0.583. The Bertz CT molecular complexity index is 1030. The minimum atomic E-state index is -0.537. The van der Waals surface area contributed by atoms with Crippen molar-refractivity contribution >= 4 is 27.8 Å². The first kappa shape index (κ1) is 25.2. The van der Waals surface area contributed by atoms with Gasteiger partial charge in [0.05, 0.1) is 36.9 Å². The van der Waals surface area contributed by atoms with E-state index < -0.39 is 6.10 Å². The van der Waals surface area contributed by atoms with Crippen molar-refractivity contribution in [3.63, 3.8) is 0 Å². The number of hydrogen-bond acceptors (Lipinski definition) is 8. The van der Waals surface area contributed by atoms with Crippen LogP contribution in [0.3, 0.4) is 0 Å².